The maximum Gasteiger partial charge on any atom is 0.0502 e. The van der Waals surface area contributed by atoms with Crippen LogP contribution in [-0.2, 0) is 0 Å². The summed E-state index contributed by atoms with van der Waals surface area (Å²) < 4.78 is 0. The van der Waals surface area contributed by atoms with Gasteiger partial charge < -0.3 is 5.32 Å². The lowest BCUT2D eigenvalue weighted by molar-refractivity contribution is 0.953. The second-order valence-electron chi connectivity index (χ2n) is 1.28. The highest BCUT2D eigenvalue weighted by Gasteiger charge is 1.89. The van der Waals surface area contributed by atoms with Crippen LogP contribution in [-0.4, -0.2) is 6.54 Å². The highest BCUT2D eigenvalue weighted by atomic mass is 35.5. The molecule has 0 amide bonds. The van der Waals surface area contributed by atoms with Gasteiger partial charge >= 0.3 is 0 Å². The van der Waals surface area contributed by atoms with Crippen LogP contribution in [0.25, 0.3) is 0 Å². The van der Waals surface area contributed by atoms with E-state index in [1.807, 2.05) is 0 Å². The molecule has 0 aromatic rings. The summed E-state index contributed by atoms with van der Waals surface area (Å²) in [6.07, 6.45) is 6.29. The summed E-state index contributed by atoms with van der Waals surface area (Å²) in [5, 5.41) is 3.71. The molecule has 0 spiro atoms. The van der Waals surface area contributed by atoms with Gasteiger partial charge in [-0.15, -0.1) is 0 Å². The molecule has 37 valence electrons. The minimum Gasteiger partial charge on any atom is -0.385 e. The van der Waals surface area contributed by atoms with Crippen molar-refractivity contribution in [2.45, 2.75) is 0 Å². The fourth-order valence-electron chi connectivity index (χ4n) is 0.391. The van der Waals surface area contributed by atoms with Gasteiger partial charge in [-0.05, 0) is 6.08 Å². The summed E-state index contributed by atoms with van der Waals surface area (Å²) in [7, 11) is 0. The molecule has 0 saturated heterocycles. The van der Waals surface area contributed by atoms with E-state index in [9.17, 15) is 0 Å². The zero-order chi connectivity index (χ0) is 5.11. The molecule has 0 aromatic carbocycles. The van der Waals surface area contributed by atoms with Gasteiger partial charge in [0, 0.05) is 17.3 Å². The maximum atomic E-state index is 5.53. The quantitative estimate of drug-likeness (QED) is 0.496. The third kappa shape index (κ3) is 1.24. The van der Waals surface area contributed by atoms with Crippen LogP contribution in [0, 0.1) is 6.08 Å². The first-order chi connectivity index (χ1) is 3.39. The number of nitrogens with one attached hydrogen (secondary N) is 1. The average Bonchev–Trinajstić information content (AvgIpc) is 1.69. The minimum atomic E-state index is 0.745. The zero-order valence-electron chi connectivity index (χ0n) is 3.74. The predicted octanol–water partition coefficient (Wildman–Crippen LogP) is 1.03. The van der Waals surface area contributed by atoms with E-state index >= 15 is 0 Å². The fourth-order valence-corrected chi connectivity index (χ4v) is 0.531. The van der Waals surface area contributed by atoms with E-state index in [1.165, 1.54) is 0 Å². The Kier molecular flexibility index (Phi) is 1.37. The molecule has 1 radical (unpaired) electrons. The van der Waals surface area contributed by atoms with Crippen molar-refractivity contribution in [1.82, 2.24) is 5.32 Å². The summed E-state index contributed by atoms with van der Waals surface area (Å²) in [6.45, 7) is 0.745. The Hall–Kier alpha value is -0.430. The third-order valence-corrected chi connectivity index (χ3v) is 0.939. The molecular weight excluding hydrogens is 110 g/mol. The van der Waals surface area contributed by atoms with Crippen molar-refractivity contribution >= 4 is 11.6 Å². The lowest BCUT2D eigenvalue weighted by atomic mass is 10.4. The number of dihydropyridines is 1. The van der Waals surface area contributed by atoms with Crippen LogP contribution in [0.1, 0.15) is 0 Å². The SMILES string of the molecule is ClC1=C[C]=CNC1. The van der Waals surface area contributed by atoms with Gasteiger partial charge in [0.2, 0.25) is 0 Å². The second kappa shape index (κ2) is 2.03. The van der Waals surface area contributed by atoms with E-state index in [4.69, 9.17) is 11.6 Å². The summed E-state index contributed by atoms with van der Waals surface area (Å²) in [6, 6.07) is 0. The molecule has 1 rings (SSSR count). The molecule has 1 aliphatic rings. The Labute approximate surface area is 47.7 Å². The monoisotopic (exact) mass is 114 g/mol. The lowest BCUT2D eigenvalue weighted by Gasteiger charge is -2.00. The van der Waals surface area contributed by atoms with Gasteiger partial charge in [0.25, 0.3) is 0 Å². The van der Waals surface area contributed by atoms with E-state index in [0.717, 1.165) is 11.6 Å². The molecule has 2 heteroatoms. The van der Waals surface area contributed by atoms with Crippen molar-refractivity contribution < 1.29 is 0 Å². The highest BCUT2D eigenvalue weighted by molar-refractivity contribution is 6.30. The van der Waals surface area contributed by atoms with E-state index in [1.54, 1.807) is 12.3 Å². The van der Waals surface area contributed by atoms with Crippen molar-refractivity contribution in [1.29, 1.82) is 0 Å². The number of hydrogen-bond acceptors (Lipinski definition) is 1. The van der Waals surface area contributed by atoms with E-state index in [0.29, 0.717) is 0 Å². The Bertz CT molecular complexity index is 115. The van der Waals surface area contributed by atoms with Gasteiger partial charge in [0.05, 0.1) is 6.54 Å². The molecule has 0 atom stereocenters. The summed E-state index contributed by atoms with van der Waals surface area (Å²) in [4.78, 5) is 0. The first-order valence-electron chi connectivity index (χ1n) is 2.05. The molecule has 1 aliphatic heterocycles. The summed E-state index contributed by atoms with van der Waals surface area (Å²) in [5.41, 5.74) is 0. The fraction of sp³-hybridized carbons (Fsp3) is 0.200. The van der Waals surface area contributed by atoms with Crippen LogP contribution in [0.15, 0.2) is 17.3 Å². The van der Waals surface area contributed by atoms with Crippen molar-refractivity contribution in [2.75, 3.05) is 6.54 Å². The largest absolute Gasteiger partial charge is 0.385 e. The second-order valence-corrected chi connectivity index (χ2v) is 1.77. The molecular formula is C5H5ClN. The molecule has 1 heterocycles. The molecule has 0 aromatic heterocycles. The predicted molar refractivity (Wildman–Crippen MR) is 29.8 cm³/mol. The van der Waals surface area contributed by atoms with Crippen LogP contribution in [0.2, 0.25) is 0 Å². The molecule has 0 aliphatic carbocycles. The van der Waals surface area contributed by atoms with Crippen molar-refractivity contribution in [3.8, 4) is 0 Å². The Morgan fingerprint density at radius 2 is 2.71 bits per heavy atom. The van der Waals surface area contributed by atoms with E-state index in [2.05, 4.69) is 11.4 Å². The summed E-state index contributed by atoms with van der Waals surface area (Å²) in [5.74, 6) is 0. The number of allylic oxidation sites excluding steroid dienone is 2. The standard InChI is InChI=1S/C5H5ClN/c6-5-2-1-3-7-4-5/h2-3,7H,4H2. The maximum absolute atomic E-state index is 5.53. The normalized spacial score (nSPS) is 18.1. The van der Waals surface area contributed by atoms with Gasteiger partial charge in [-0.1, -0.05) is 11.6 Å². The van der Waals surface area contributed by atoms with Gasteiger partial charge in [0.1, 0.15) is 0 Å². The number of hydrogen-bond donors (Lipinski definition) is 1. The van der Waals surface area contributed by atoms with Gasteiger partial charge in [-0.25, -0.2) is 0 Å². The van der Waals surface area contributed by atoms with Gasteiger partial charge in [-0.2, -0.15) is 0 Å². The van der Waals surface area contributed by atoms with Crippen molar-refractivity contribution in [2.24, 2.45) is 0 Å². The minimum absolute atomic E-state index is 0.745. The van der Waals surface area contributed by atoms with Crippen LogP contribution in [0.3, 0.4) is 0 Å². The van der Waals surface area contributed by atoms with Gasteiger partial charge in [-0.3, -0.25) is 0 Å². The summed E-state index contributed by atoms with van der Waals surface area (Å²) >= 11 is 5.53. The van der Waals surface area contributed by atoms with Crippen LogP contribution < -0.4 is 5.32 Å². The Balaban J connectivity index is 2.57. The van der Waals surface area contributed by atoms with Gasteiger partial charge in [0.15, 0.2) is 0 Å². The molecule has 1 N–H and O–H groups in total. The van der Waals surface area contributed by atoms with Crippen LogP contribution >= 0.6 is 11.6 Å². The highest BCUT2D eigenvalue weighted by Crippen LogP contribution is 2.00. The van der Waals surface area contributed by atoms with Crippen LogP contribution in [0.5, 0.6) is 0 Å². The smallest absolute Gasteiger partial charge is 0.0502 e. The Morgan fingerprint density at radius 3 is 3.00 bits per heavy atom. The number of halogens is 1. The van der Waals surface area contributed by atoms with Crippen LogP contribution in [0.4, 0.5) is 0 Å². The molecule has 0 bridgehead atoms. The van der Waals surface area contributed by atoms with E-state index in [-0.39, 0.29) is 0 Å². The average molecular weight is 115 g/mol. The molecule has 0 fully saturated rings. The molecule has 0 saturated carbocycles. The molecule has 7 heavy (non-hydrogen) atoms. The molecule has 0 unspecified atom stereocenters. The topological polar surface area (TPSA) is 12.0 Å². The van der Waals surface area contributed by atoms with Crippen molar-refractivity contribution in [3.05, 3.63) is 23.4 Å². The van der Waals surface area contributed by atoms with Crippen molar-refractivity contribution in [3.63, 3.8) is 0 Å². The molecule has 1 nitrogen and oxygen atoms in total. The Morgan fingerprint density at radius 1 is 1.86 bits per heavy atom. The van der Waals surface area contributed by atoms with E-state index < -0.39 is 0 Å². The lowest BCUT2D eigenvalue weighted by Crippen LogP contribution is -2.09. The number of rotatable bonds is 0. The first kappa shape index (κ1) is 4.72. The first-order valence-corrected chi connectivity index (χ1v) is 2.43. The zero-order valence-corrected chi connectivity index (χ0v) is 4.50. The third-order valence-electron chi connectivity index (χ3n) is 0.696.